The lowest BCUT2D eigenvalue weighted by molar-refractivity contribution is 0.451. The van der Waals surface area contributed by atoms with E-state index in [1.807, 2.05) is 0 Å². The summed E-state index contributed by atoms with van der Waals surface area (Å²) in [5, 5.41) is 2.93. The van der Waals surface area contributed by atoms with Crippen LogP contribution in [0.4, 0.5) is 0 Å². The lowest BCUT2D eigenvalue weighted by atomic mass is 10.0. The molecule has 0 unspecified atom stereocenters. The highest BCUT2D eigenvalue weighted by Gasteiger charge is 2.37. The van der Waals surface area contributed by atoms with Crippen LogP contribution in [0.2, 0.25) is 0 Å². The maximum Gasteiger partial charge on any atom is 0.158 e. The Balaban J connectivity index is 0.000000980. The van der Waals surface area contributed by atoms with Crippen molar-refractivity contribution in [2.45, 2.75) is 42.6 Å². The summed E-state index contributed by atoms with van der Waals surface area (Å²) >= 11 is 0. The second-order valence-corrected chi connectivity index (χ2v) is 6.64. The van der Waals surface area contributed by atoms with Crippen LogP contribution in [-0.2, 0) is 9.84 Å². The highest BCUT2D eigenvalue weighted by atomic mass is 35.5. The Kier molecular flexibility index (Phi) is 4.22. The molecule has 0 aromatic carbocycles. The van der Waals surface area contributed by atoms with Crippen LogP contribution in [0.3, 0.4) is 0 Å². The molecule has 0 aromatic heterocycles. The molecule has 0 atom stereocenters. The molecule has 1 N–H and O–H groups in total. The first-order valence-corrected chi connectivity index (χ1v) is 6.75. The van der Waals surface area contributed by atoms with Crippen LogP contribution >= 0.6 is 12.4 Å². The molecule has 1 aliphatic heterocycles. The third-order valence-corrected chi connectivity index (χ3v) is 5.89. The molecule has 1 heterocycles. The number of halogens is 1. The summed E-state index contributed by atoms with van der Waals surface area (Å²) < 4.78 is 23.9. The van der Waals surface area contributed by atoms with Crippen molar-refractivity contribution >= 4 is 22.2 Å². The summed E-state index contributed by atoms with van der Waals surface area (Å²) in [4.78, 5) is 0. The van der Waals surface area contributed by atoms with Crippen molar-refractivity contribution in [3.63, 3.8) is 0 Å². The molecule has 1 saturated carbocycles. The predicted octanol–water partition coefficient (Wildman–Crippen LogP) is 1.13. The van der Waals surface area contributed by atoms with Gasteiger partial charge >= 0.3 is 0 Å². The van der Waals surface area contributed by atoms with Crippen molar-refractivity contribution in [2.24, 2.45) is 0 Å². The molecule has 1 aliphatic carbocycles. The highest BCUT2D eigenvalue weighted by Crippen LogP contribution is 2.27. The standard InChI is InChI=1S/C9H17NO2S.ClH/c11-13(12,9-6-10-7-9)8-4-2-1-3-5-8;/h8-10H,1-7H2;1H. The van der Waals surface area contributed by atoms with Crippen molar-refractivity contribution < 1.29 is 8.42 Å². The topological polar surface area (TPSA) is 46.2 Å². The second kappa shape index (κ2) is 4.81. The van der Waals surface area contributed by atoms with Crippen LogP contribution in [0.15, 0.2) is 0 Å². The van der Waals surface area contributed by atoms with Gasteiger partial charge in [0.15, 0.2) is 9.84 Å². The Labute approximate surface area is 92.0 Å². The average molecular weight is 240 g/mol. The molecule has 3 nitrogen and oxygen atoms in total. The summed E-state index contributed by atoms with van der Waals surface area (Å²) in [5.74, 6) is 0. The lowest BCUT2D eigenvalue weighted by Crippen LogP contribution is -2.54. The van der Waals surface area contributed by atoms with E-state index in [0.29, 0.717) is 13.1 Å². The fourth-order valence-corrected chi connectivity index (χ4v) is 4.40. The number of nitrogens with one attached hydrogen (secondary N) is 1. The molecule has 1 saturated heterocycles. The number of hydrogen-bond donors (Lipinski definition) is 1. The van der Waals surface area contributed by atoms with Crippen LogP contribution in [-0.4, -0.2) is 32.0 Å². The van der Waals surface area contributed by atoms with Crippen molar-refractivity contribution in [3.05, 3.63) is 0 Å². The molecule has 0 bridgehead atoms. The first-order chi connectivity index (χ1) is 6.21. The third kappa shape index (κ3) is 2.23. The molecule has 0 aromatic rings. The summed E-state index contributed by atoms with van der Waals surface area (Å²) in [6.07, 6.45) is 5.22. The summed E-state index contributed by atoms with van der Waals surface area (Å²) in [5.41, 5.74) is 0. The van der Waals surface area contributed by atoms with Gasteiger partial charge in [-0.3, -0.25) is 0 Å². The van der Waals surface area contributed by atoms with Gasteiger partial charge in [-0.15, -0.1) is 12.4 Å². The zero-order valence-electron chi connectivity index (χ0n) is 8.24. The van der Waals surface area contributed by atoms with E-state index in [1.165, 1.54) is 6.42 Å². The van der Waals surface area contributed by atoms with Crippen LogP contribution in [0, 0.1) is 0 Å². The van der Waals surface area contributed by atoms with Crippen molar-refractivity contribution in [2.75, 3.05) is 13.1 Å². The Morgan fingerprint density at radius 3 is 1.93 bits per heavy atom. The van der Waals surface area contributed by atoms with Gasteiger partial charge in [0, 0.05) is 13.1 Å². The monoisotopic (exact) mass is 239 g/mol. The summed E-state index contributed by atoms with van der Waals surface area (Å²) in [6.45, 7) is 1.36. The number of sulfone groups is 1. The van der Waals surface area contributed by atoms with Gasteiger partial charge in [-0.05, 0) is 12.8 Å². The minimum atomic E-state index is -2.79. The van der Waals surface area contributed by atoms with E-state index < -0.39 is 9.84 Å². The van der Waals surface area contributed by atoms with Crippen molar-refractivity contribution in [1.82, 2.24) is 5.32 Å². The van der Waals surface area contributed by atoms with Gasteiger partial charge in [-0.1, -0.05) is 19.3 Å². The van der Waals surface area contributed by atoms with Crippen LogP contribution in [0.25, 0.3) is 0 Å². The van der Waals surface area contributed by atoms with Gasteiger partial charge < -0.3 is 5.32 Å². The first-order valence-electron chi connectivity index (χ1n) is 5.14. The van der Waals surface area contributed by atoms with E-state index >= 15 is 0 Å². The fraction of sp³-hybridized carbons (Fsp3) is 1.00. The Morgan fingerprint density at radius 1 is 0.929 bits per heavy atom. The summed E-state index contributed by atoms with van der Waals surface area (Å²) in [6, 6.07) is 0. The zero-order chi connectivity index (χ0) is 9.31. The minimum absolute atomic E-state index is 0. The quantitative estimate of drug-likeness (QED) is 0.786. The van der Waals surface area contributed by atoms with Gasteiger partial charge in [-0.25, -0.2) is 8.42 Å². The lowest BCUT2D eigenvalue weighted by Gasteiger charge is -2.32. The fourth-order valence-electron chi connectivity index (χ4n) is 2.16. The molecule has 0 amide bonds. The molecule has 2 aliphatic rings. The number of hydrogen-bond acceptors (Lipinski definition) is 3. The Morgan fingerprint density at radius 2 is 1.50 bits per heavy atom. The van der Waals surface area contributed by atoms with Crippen LogP contribution < -0.4 is 5.32 Å². The Bertz CT molecular complexity index is 269. The van der Waals surface area contributed by atoms with Gasteiger partial charge in [0.25, 0.3) is 0 Å². The predicted molar refractivity (Wildman–Crippen MR) is 59.7 cm³/mol. The van der Waals surface area contributed by atoms with Gasteiger partial charge in [0.05, 0.1) is 10.5 Å². The molecule has 5 heteroatoms. The maximum absolute atomic E-state index is 11.9. The van der Waals surface area contributed by atoms with E-state index in [1.54, 1.807) is 0 Å². The molecule has 14 heavy (non-hydrogen) atoms. The highest BCUT2D eigenvalue weighted by molar-refractivity contribution is 7.92. The van der Waals surface area contributed by atoms with Crippen LogP contribution in [0.5, 0.6) is 0 Å². The van der Waals surface area contributed by atoms with Crippen LogP contribution in [0.1, 0.15) is 32.1 Å². The molecule has 0 radical (unpaired) electrons. The van der Waals surface area contributed by atoms with E-state index in [2.05, 4.69) is 5.32 Å². The molecular formula is C9H18ClNO2S. The van der Waals surface area contributed by atoms with Gasteiger partial charge in [0.2, 0.25) is 0 Å². The minimum Gasteiger partial charge on any atom is -0.314 e. The van der Waals surface area contributed by atoms with E-state index in [4.69, 9.17) is 0 Å². The summed E-state index contributed by atoms with van der Waals surface area (Å²) in [7, 11) is -2.79. The molecule has 2 rings (SSSR count). The first kappa shape index (κ1) is 12.3. The van der Waals surface area contributed by atoms with Gasteiger partial charge in [0.1, 0.15) is 0 Å². The SMILES string of the molecule is Cl.O=S(=O)(C1CCCCC1)C1CNC1. The molecule has 2 fully saturated rings. The third-order valence-electron chi connectivity index (χ3n) is 3.23. The molecule has 0 spiro atoms. The van der Waals surface area contributed by atoms with Gasteiger partial charge in [-0.2, -0.15) is 0 Å². The van der Waals surface area contributed by atoms with E-state index in [0.717, 1.165) is 25.7 Å². The zero-order valence-corrected chi connectivity index (χ0v) is 9.87. The molecular weight excluding hydrogens is 222 g/mol. The van der Waals surface area contributed by atoms with Crippen molar-refractivity contribution in [3.8, 4) is 0 Å². The van der Waals surface area contributed by atoms with E-state index in [9.17, 15) is 8.42 Å². The second-order valence-electron chi connectivity index (χ2n) is 4.13. The maximum atomic E-state index is 11.9. The molecule has 84 valence electrons. The normalized spacial score (nSPS) is 25.1. The largest absolute Gasteiger partial charge is 0.314 e. The smallest absolute Gasteiger partial charge is 0.158 e. The van der Waals surface area contributed by atoms with E-state index in [-0.39, 0.29) is 22.9 Å². The Hall–Kier alpha value is 0.200. The number of rotatable bonds is 2. The average Bonchev–Trinajstić information content (AvgIpc) is 2.02. The van der Waals surface area contributed by atoms with Crippen molar-refractivity contribution in [1.29, 1.82) is 0 Å².